The van der Waals surface area contributed by atoms with E-state index in [9.17, 15) is 18.0 Å². The average Bonchev–Trinajstić information content (AvgIpc) is 3.15. The minimum absolute atomic E-state index is 0.0767. The Morgan fingerprint density at radius 3 is 2.81 bits per heavy atom. The van der Waals surface area contributed by atoms with Gasteiger partial charge in [0.2, 0.25) is 0 Å². The number of amides is 2. The number of anilines is 2. The Labute approximate surface area is 180 Å². The summed E-state index contributed by atoms with van der Waals surface area (Å²) in [7, 11) is 0. The van der Waals surface area contributed by atoms with Crippen molar-refractivity contribution in [1.82, 2.24) is 20.5 Å². The molecule has 1 atom stereocenters. The van der Waals surface area contributed by atoms with Crippen LogP contribution in [0.2, 0.25) is 5.02 Å². The highest BCUT2D eigenvalue weighted by Gasteiger charge is 2.33. The van der Waals surface area contributed by atoms with E-state index in [4.69, 9.17) is 11.6 Å². The molecule has 2 aromatic heterocycles. The smallest absolute Gasteiger partial charge is 0.353 e. The zero-order valence-electron chi connectivity index (χ0n) is 16.4. The molecule has 3 aromatic rings. The van der Waals surface area contributed by atoms with Gasteiger partial charge in [-0.2, -0.15) is 23.4 Å². The molecule has 1 aliphatic rings. The maximum atomic E-state index is 12.8. The predicted octanol–water partition coefficient (Wildman–Crippen LogP) is 4.41. The van der Waals surface area contributed by atoms with Gasteiger partial charge in [-0.15, -0.1) is 0 Å². The number of hydrogen-bond donors (Lipinski definition) is 2. The Kier molecular flexibility index (Phi) is 5.57. The molecule has 162 valence electrons. The van der Waals surface area contributed by atoms with E-state index in [1.54, 1.807) is 23.1 Å². The first kappa shape index (κ1) is 21.1. The Balaban J connectivity index is 1.41. The number of aryl methyl sites for hydroxylation is 1. The molecular formula is C20H18ClF3N6O. The Bertz CT molecular complexity index is 1140. The Morgan fingerprint density at radius 1 is 1.26 bits per heavy atom. The van der Waals surface area contributed by atoms with E-state index in [2.05, 4.69) is 25.8 Å². The van der Waals surface area contributed by atoms with E-state index < -0.39 is 11.7 Å². The van der Waals surface area contributed by atoms with Gasteiger partial charge < -0.3 is 15.5 Å². The van der Waals surface area contributed by atoms with Crippen LogP contribution in [0.5, 0.6) is 0 Å². The van der Waals surface area contributed by atoms with Gasteiger partial charge in [0.1, 0.15) is 5.82 Å². The summed E-state index contributed by atoms with van der Waals surface area (Å²) in [4.78, 5) is 18.2. The molecule has 1 saturated heterocycles. The molecule has 1 aromatic carbocycles. The molecule has 2 N–H and O–H groups in total. The van der Waals surface area contributed by atoms with Crippen molar-refractivity contribution in [1.29, 1.82) is 0 Å². The van der Waals surface area contributed by atoms with Gasteiger partial charge in [0.15, 0.2) is 0 Å². The number of carbonyl (C=O) groups excluding carboxylic acids is 1. The molecule has 7 nitrogen and oxygen atoms in total. The van der Waals surface area contributed by atoms with Gasteiger partial charge in [-0.25, -0.2) is 9.78 Å². The van der Waals surface area contributed by atoms with Crippen LogP contribution in [0.15, 0.2) is 36.5 Å². The molecule has 0 radical (unpaired) electrons. The summed E-state index contributed by atoms with van der Waals surface area (Å²) in [6, 6.07) is 7.46. The first-order valence-corrected chi connectivity index (χ1v) is 9.87. The SMILES string of the molecule is Cc1cc2c(NC(=O)N[C@@H]3CCN(c4ncc(C(F)(F)F)cc4Cl)C3)cccc2nn1. The highest BCUT2D eigenvalue weighted by Crippen LogP contribution is 2.34. The molecule has 0 spiro atoms. The van der Waals surface area contributed by atoms with E-state index in [1.165, 1.54) is 0 Å². The highest BCUT2D eigenvalue weighted by molar-refractivity contribution is 6.33. The lowest BCUT2D eigenvalue weighted by atomic mass is 10.2. The third-order valence-electron chi connectivity index (χ3n) is 4.97. The molecule has 3 heterocycles. The van der Waals surface area contributed by atoms with Crippen molar-refractivity contribution in [3.63, 3.8) is 0 Å². The van der Waals surface area contributed by atoms with Crippen LogP contribution in [0.3, 0.4) is 0 Å². The molecule has 1 aliphatic heterocycles. The van der Waals surface area contributed by atoms with Crippen molar-refractivity contribution in [2.24, 2.45) is 0 Å². The molecule has 11 heteroatoms. The highest BCUT2D eigenvalue weighted by atomic mass is 35.5. The van der Waals surface area contributed by atoms with Crippen LogP contribution in [0.1, 0.15) is 17.7 Å². The van der Waals surface area contributed by atoms with Crippen LogP contribution < -0.4 is 15.5 Å². The monoisotopic (exact) mass is 450 g/mol. The van der Waals surface area contributed by atoms with Gasteiger partial charge in [-0.05, 0) is 37.6 Å². The maximum Gasteiger partial charge on any atom is 0.417 e. The standard InChI is InChI=1S/C20H18ClF3N6O/c1-11-7-14-16(3-2-4-17(14)29-28-11)27-19(31)26-13-5-6-30(10-13)18-15(21)8-12(9-25-18)20(22,23)24/h2-4,7-9,13H,5-6,10H2,1H3,(H2,26,27,31)/t13-/m1/s1. The van der Waals surface area contributed by atoms with E-state index >= 15 is 0 Å². The number of halogens is 4. The second kappa shape index (κ2) is 8.18. The normalized spacial score (nSPS) is 16.5. The van der Waals surface area contributed by atoms with Crippen LogP contribution >= 0.6 is 11.6 Å². The average molecular weight is 451 g/mol. The summed E-state index contributed by atoms with van der Waals surface area (Å²) < 4.78 is 38.4. The summed E-state index contributed by atoms with van der Waals surface area (Å²) in [5.41, 5.74) is 1.10. The van der Waals surface area contributed by atoms with E-state index in [0.717, 1.165) is 23.3 Å². The number of hydrogen-bond acceptors (Lipinski definition) is 5. The molecule has 0 saturated carbocycles. The number of rotatable bonds is 3. The molecule has 1 fully saturated rings. The van der Waals surface area contributed by atoms with Crippen molar-refractivity contribution >= 4 is 40.0 Å². The van der Waals surface area contributed by atoms with Gasteiger partial charge in [-0.3, -0.25) is 0 Å². The number of aromatic nitrogens is 3. The van der Waals surface area contributed by atoms with Gasteiger partial charge in [0, 0.05) is 30.7 Å². The van der Waals surface area contributed by atoms with Crippen molar-refractivity contribution in [3.05, 3.63) is 52.8 Å². The predicted molar refractivity (Wildman–Crippen MR) is 111 cm³/mol. The van der Waals surface area contributed by atoms with E-state index in [-0.39, 0.29) is 22.9 Å². The molecule has 31 heavy (non-hydrogen) atoms. The summed E-state index contributed by atoms with van der Waals surface area (Å²) in [5.74, 6) is 0.266. The fourth-order valence-electron chi connectivity index (χ4n) is 3.50. The molecule has 0 bridgehead atoms. The lowest BCUT2D eigenvalue weighted by Crippen LogP contribution is -2.39. The van der Waals surface area contributed by atoms with Crippen LogP contribution in [0, 0.1) is 6.92 Å². The van der Waals surface area contributed by atoms with Crippen LogP contribution in [-0.2, 0) is 6.18 Å². The number of fused-ring (bicyclic) bond motifs is 1. The molecular weight excluding hydrogens is 433 g/mol. The van der Waals surface area contributed by atoms with E-state index in [0.29, 0.717) is 30.7 Å². The zero-order valence-corrected chi connectivity index (χ0v) is 17.1. The summed E-state index contributed by atoms with van der Waals surface area (Å²) in [6.45, 7) is 2.70. The fourth-order valence-corrected chi connectivity index (χ4v) is 3.79. The van der Waals surface area contributed by atoms with Gasteiger partial charge in [0.05, 0.1) is 27.5 Å². The quantitative estimate of drug-likeness (QED) is 0.617. The minimum atomic E-state index is -4.51. The van der Waals surface area contributed by atoms with E-state index in [1.807, 2.05) is 13.0 Å². The topological polar surface area (TPSA) is 83.0 Å². The Morgan fingerprint density at radius 2 is 2.06 bits per heavy atom. The largest absolute Gasteiger partial charge is 0.417 e. The van der Waals surface area contributed by atoms with Crippen LogP contribution in [0.4, 0.5) is 29.5 Å². The number of nitrogens with one attached hydrogen (secondary N) is 2. The van der Waals surface area contributed by atoms with Crippen LogP contribution in [-0.4, -0.2) is 40.3 Å². The number of alkyl halides is 3. The molecule has 2 amide bonds. The van der Waals surface area contributed by atoms with Crippen molar-refractivity contribution < 1.29 is 18.0 Å². The van der Waals surface area contributed by atoms with Gasteiger partial charge in [-0.1, -0.05) is 17.7 Å². The zero-order chi connectivity index (χ0) is 22.2. The van der Waals surface area contributed by atoms with Crippen LogP contribution in [0.25, 0.3) is 10.9 Å². The number of urea groups is 1. The van der Waals surface area contributed by atoms with Gasteiger partial charge in [0.25, 0.3) is 0 Å². The lowest BCUT2D eigenvalue weighted by molar-refractivity contribution is -0.137. The first-order valence-electron chi connectivity index (χ1n) is 9.49. The van der Waals surface area contributed by atoms with Gasteiger partial charge >= 0.3 is 12.2 Å². The third kappa shape index (κ3) is 4.63. The lowest BCUT2D eigenvalue weighted by Gasteiger charge is -2.20. The fraction of sp³-hybridized carbons (Fsp3) is 0.300. The summed E-state index contributed by atoms with van der Waals surface area (Å²) >= 11 is 6.03. The summed E-state index contributed by atoms with van der Waals surface area (Å²) in [6.07, 6.45) is -3.14. The second-order valence-corrected chi connectivity index (χ2v) is 7.69. The third-order valence-corrected chi connectivity index (χ3v) is 5.25. The second-order valence-electron chi connectivity index (χ2n) is 7.28. The maximum absolute atomic E-state index is 12.8. The first-order chi connectivity index (χ1) is 14.7. The summed E-state index contributed by atoms with van der Waals surface area (Å²) in [5, 5.41) is 14.5. The minimum Gasteiger partial charge on any atom is -0.353 e. The Hall–Kier alpha value is -3.14. The molecule has 0 aliphatic carbocycles. The number of carbonyl (C=O) groups is 1. The van der Waals surface area contributed by atoms with Crippen molar-refractivity contribution in [2.45, 2.75) is 25.6 Å². The number of pyridine rings is 1. The van der Waals surface area contributed by atoms with Crippen molar-refractivity contribution in [2.75, 3.05) is 23.3 Å². The number of benzene rings is 1. The van der Waals surface area contributed by atoms with Crippen molar-refractivity contribution in [3.8, 4) is 0 Å². The molecule has 0 unspecified atom stereocenters. The number of nitrogens with zero attached hydrogens (tertiary/aromatic N) is 4. The molecule has 4 rings (SSSR count).